The third-order valence-corrected chi connectivity index (χ3v) is 0.940. The second-order valence-electron chi connectivity index (χ2n) is 1.65. The van der Waals surface area contributed by atoms with Gasteiger partial charge < -0.3 is 0 Å². The van der Waals surface area contributed by atoms with E-state index < -0.39 is 0 Å². The first-order valence-electron chi connectivity index (χ1n) is 3.41. The van der Waals surface area contributed by atoms with Crippen molar-refractivity contribution in [1.29, 1.82) is 0 Å². The summed E-state index contributed by atoms with van der Waals surface area (Å²) < 4.78 is 0. The van der Waals surface area contributed by atoms with Gasteiger partial charge >= 0.3 is 0 Å². The van der Waals surface area contributed by atoms with Gasteiger partial charge in [-0.1, -0.05) is 49.7 Å². The van der Waals surface area contributed by atoms with E-state index in [0.717, 1.165) is 0 Å². The summed E-state index contributed by atoms with van der Waals surface area (Å²) in [4.78, 5) is 0. The van der Waals surface area contributed by atoms with Crippen LogP contribution in [0.1, 0.15) is 19.4 Å². The zero-order valence-corrected chi connectivity index (χ0v) is 8.23. The number of aryl methyl sites for hydroxylation is 1. The summed E-state index contributed by atoms with van der Waals surface area (Å²) in [6.07, 6.45) is 0. The molecule has 1 aromatic rings. The van der Waals surface area contributed by atoms with Crippen molar-refractivity contribution in [2.24, 2.45) is 0 Å². The molecule has 0 nitrogen and oxygen atoms in total. The Balaban J connectivity index is 0. The van der Waals surface area contributed by atoms with Gasteiger partial charge in [0.15, 0.2) is 0 Å². The van der Waals surface area contributed by atoms with E-state index in [1.165, 1.54) is 5.56 Å². The Kier molecular flexibility index (Phi) is 11.0. The van der Waals surface area contributed by atoms with Gasteiger partial charge in [0.25, 0.3) is 0 Å². The van der Waals surface area contributed by atoms with Crippen LogP contribution in [0.2, 0.25) is 0 Å². The van der Waals surface area contributed by atoms with Gasteiger partial charge in [-0.3, -0.25) is 0 Å². The molecule has 1 radical (unpaired) electrons. The third kappa shape index (κ3) is 5.93. The molecule has 0 aliphatic rings. The van der Waals surface area contributed by atoms with Crippen molar-refractivity contribution in [3.63, 3.8) is 0 Å². The molecule has 1 aromatic carbocycles. The zero-order chi connectivity index (χ0) is 7.11. The van der Waals surface area contributed by atoms with Gasteiger partial charge in [0.1, 0.15) is 0 Å². The molecule has 0 atom stereocenters. The van der Waals surface area contributed by atoms with Gasteiger partial charge in [-0.15, -0.1) is 0 Å². The maximum atomic E-state index is 2.08. The van der Waals surface area contributed by atoms with Crippen LogP contribution < -0.4 is 0 Å². The van der Waals surface area contributed by atoms with E-state index in [0.29, 0.717) is 0 Å². The van der Waals surface area contributed by atoms with Gasteiger partial charge in [0, 0.05) is 18.6 Å². The number of hydrogen-bond donors (Lipinski definition) is 0. The fraction of sp³-hybridized carbons (Fsp3) is 0.333. The summed E-state index contributed by atoms with van der Waals surface area (Å²) in [6.45, 7) is 6.08. The zero-order valence-electron chi connectivity index (χ0n) is 6.83. The monoisotopic (exact) mass is 173 g/mol. The Morgan fingerprint density at radius 3 is 1.50 bits per heavy atom. The summed E-state index contributed by atoms with van der Waals surface area (Å²) in [6, 6.07) is 10.3. The molecule has 0 spiro atoms. The van der Waals surface area contributed by atoms with Crippen molar-refractivity contribution >= 4 is 0 Å². The second-order valence-corrected chi connectivity index (χ2v) is 1.65. The minimum atomic E-state index is 0. The van der Waals surface area contributed by atoms with Crippen LogP contribution in [0.4, 0.5) is 0 Å². The van der Waals surface area contributed by atoms with Crippen LogP contribution in [-0.4, -0.2) is 0 Å². The van der Waals surface area contributed by atoms with E-state index in [-0.39, 0.29) is 18.6 Å². The smallest absolute Gasteiger partial charge is 0 e. The van der Waals surface area contributed by atoms with Gasteiger partial charge in [0.2, 0.25) is 0 Å². The first-order chi connectivity index (χ1) is 4.39. The molecule has 1 rings (SSSR count). The molecule has 1 heteroatoms. The molecule has 0 bridgehead atoms. The largest absolute Gasteiger partial charge is 0.0683 e. The van der Waals surface area contributed by atoms with Crippen LogP contribution in [0.5, 0.6) is 0 Å². The van der Waals surface area contributed by atoms with Crippen molar-refractivity contribution in [2.75, 3.05) is 0 Å². The van der Waals surface area contributed by atoms with Crippen LogP contribution in [0.15, 0.2) is 30.3 Å². The Morgan fingerprint density at radius 1 is 0.900 bits per heavy atom. The van der Waals surface area contributed by atoms with Crippen molar-refractivity contribution in [2.45, 2.75) is 20.8 Å². The molecule has 0 saturated carbocycles. The molecular formula is C9H14V. The topological polar surface area (TPSA) is 0 Å². The SMILES string of the molecule is CC.Cc1ccccc1.[V]. The molecule has 0 heterocycles. The van der Waals surface area contributed by atoms with Gasteiger partial charge in [-0.2, -0.15) is 0 Å². The molecule has 0 fully saturated rings. The standard InChI is InChI=1S/C7H8.C2H6.V/c1-7-5-3-2-4-6-7;1-2;/h2-6H,1H3;1-2H3;. The molecule has 0 saturated heterocycles. The molecule has 0 aliphatic heterocycles. The van der Waals surface area contributed by atoms with Gasteiger partial charge in [-0.25, -0.2) is 0 Å². The fourth-order valence-electron chi connectivity index (χ4n) is 0.534. The molecule has 0 aromatic heterocycles. The Bertz CT molecular complexity index is 135. The van der Waals surface area contributed by atoms with E-state index >= 15 is 0 Å². The Labute approximate surface area is 75.5 Å². The van der Waals surface area contributed by atoms with E-state index in [2.05, 4.69) is 19.1 Å². The van der Waals surface area contributed by atoms with E-state index in [1.54, 1.807) is 0 Å². The molecule has 10 heavy (non-hydrogen) atoms. The number of hydrogen-bond acceptors (Lipinski definition) is 0. The first kappa shape index (κ1) is 12.5. The molecule has 0 unspecified atom stereocenters. The van der Waals surface area contributed by atoms with Crippen molar-refractivity contribution in [3.05, 3.63) is 35.9 Å². The Hall–Kier alpha value is -0.196. The first-order valence-corrected chi connectivity index (χ1v) is 3.41. The normalized spacial score (nSPS) is 6.70. The fourth-order valence-corrected chi connectivity index (χ4v) is 0.534. The average molecular weight is 173 g/mol. The quantitative estimate of drug-likeness (QED) is 0.565. The molecule has 0 aliphatic carbocycles. The van der Waals surface area contributed by atoms with Crippen LogP contribution in [-0.2, 0) is 18.6 Å². The minimum absolute atomic E-state index is 0. The summed E-state index contributed by atoms with van der Waals surface area (Å²) in [5.41, 5.74) is 1.32. The summed E-state index contributed by atoms with van der Waals surface area (Å²) in [5, 5.41) is 0. The number of rotatable bonds is 0. The van der Waals surface area contributed by atoms with Crippen molar-refractivity contribution < 1.29 is 18.6 Å². The molecule has 55 valence electrons. The summed E-state index contributed by atoms with van der Waals surface area (Å²) >= 11 is 0. The summed E-state index contributed by atoms with van der Waals surface area (Å²) in [5.74, 6) is 0. The van der Waals surface area contributed by atoms with E-state index in [4.69, 9.17) is 0 Å². The van der Waals surface area contributed by atoms with Crippen molar-refractivity contribution in [1.82, 2.24) is 0 Å². The minimum Gasteiger partial charge on any atom is -0.0683 e. The van der Waals surface area contributed by atoms with E-state index in [9.17, 15) is 0 Å². The maximum absolute atomic E-state index is 2.08. The van der Waals surface area contributed by atoms with Crippen LogP contribution in [0.25, 0.3) is 0 Å². The Morgan fingerprint density at radius 2 is 1.30 bits per heavy atom. The number of benzene rings is 1. The maximum Gasteiger partial charge on any atom is 0 e. The third-order valence-electron chi connectivity index (χ3n) is 0.940. The van der Waals surface area contributed by atoms with Crippen LogP contribution in [0.3, 0.4) is 0 Å². The van der Waals surface area contributed by atoms with Crippen LogP contribution in [0, 0.1) is 6.92 Å². The van der Waals surface area contributed by atoms with Crippen LogP contribution >= 0.6 is 0 Å². The molecule has 0 amide bonds. The molecule has 0 N–H and O–H groups in total. The second kappa shape index (κ2) is 8.80. The van der Waals surface area contributed by atoms with E-state index in [1.807, 2.05) is 32.0 Å². The van der Waals surface area contributed by atoms with Gasteiger partial charge in [-0.05, 0) is 6.92 Å². The van der Waals surface area contributed by atoms with Crippen molar-refractivity contribution in [3.8, 4) is 0 Å². The summed E-state index contributed by atoms with van der Waals surface area (Å²) in [7, 11) is 0. The predicted molar refractivity (Wildman–Crippen MR) is 42.5 cm³/mol. The molecular weight excluding hydrogens is 159 g/mol. The van der Waals surface area contributed by atoms with Gasteiger partial charge in [0.05, 0.1) is 0 Å². The average Bonchev–Trinajstić information content (AvgIpc) is 1.94. The predicted octanol–water partition coefficient (Wildman–Crippen LogP) is 3.02.